The smallest absolute Gasteiger partial charge is 0.170 e. The second-order valence-electron chi connectivity index (χ2n) is 10.4. The van der Waals surface area contributed by atoms with Gasteiger partial charge in [0.2, 0.25) is 0 Å². The third-order valence-corrected chi connectivity index (χ3v) is 9.46. The lowest BCUT2D eigenvalue weighted by atomic mass is 9.47. The Bertz CT molecular complexity index is 686. The Hall–Kier alpha value is -0.710. The molecular formula is C23H34O4. The number of aliphatic hydroxyl groups excluding tert-OH is 1. The number of epoxide rings is 1. The summed E-state index contributed by atoms with van der Waals surface area (Å²) in [7, 11) is 1.66. The summed E-state index contributed by atoms with van der Waals surface area (Å²) in [5.41, 5.74) is 1.23. The van der Waals surface area contributed by atoms with Crippen molar-refractivity contribution < 1.29 is 19.4 Å². The molecule has 1 aliphatic heterocycles. The van der Waals surface area contributed by atoms with Gasteiger partial charge in [0.05, 0.1) is 18.8 Å². The molecule has 3 saturated carbocycles. The third kappa shape index (κ3) is 2.24. The summed E-state index contributed by atoms with van der Waals surface area (Å²) in [5.74, 6) is 2.22. The number of rotatable bonds is 4. The number of fused-ring (bicyclic) bond motifs is 7. The van der Waals surface area contributed by atoms with Gasteiger partial charge in [0, 0.05) is 18.9 Å². The molecule has 4 aliphatic carbocycles. The van der Waals surface area contributed by atoms with Gasteiger partial charge < -0.3 is 14.6 Å². The summed E-state index contributed by atoms with van der Waals surface area (Å²) < 4.78 is 11.3. The fourth-order valence-corrected chi connectivity index (χ4v) is 7.94. The highest BCUT2D eigenvalue weighted by Crippen LogP contribution is 2.73. The van der Waals surface area contributed by atoms with Crippen LogP contribution < -0.4 is 0 Å². The van der Waals surface area contributed by atoms with E-state index in [1.54, 1.807) is 7.11 Å². The van der Waals surface area contributed by atoms with Crippen molar-refractivity contribution in [3.63, 3.8) is 0 Å². The van der Waals surface area contributed by atoms with Crippen molar-refractivity contribution in [2.75, 3.05) is 13.7 Å². The first kappa shape index (κ1) is 18.3. The zero-order valence-electron chi connectivity index (χ0n) is 17.0. The molecule has 5 aliphatic rings. The molecule has 1 N–H and O–H groups in total. The molecule has 1 saturated heterocycles. The van der Waals surface area contributed by atoms with Gasteiger partial charge in [0.15, 0.2) is 11.4 Å². The van der Waals surface area contributed by atoms with Crippen molar-refractivity contribution in [1.82, 2.24) is 0 Å². The van der Waals surface area contributed by atoms with Crippen LogP contribution >= 0.6 is 0 Å². The van der Waals surface area contributed by atoms with E-state index < -0.39 is 5.60 Å². The molecule has 8 atom stereocenters. The number of Topliss-reactive ketones (excluding diaryl/α,β-unsaturated/α-hetero) is 1. The van der Waals surface area contributed by atoms with Gasteiger partial charge in [0.1, 0.15) is 0 Å². The largest absolute Gasteiger partial charge is 0.393 e. The topological polar surface area (TPSA) is 59.1 Å². The number of ketones is 1. The van der Waals surface area contributed by atoms with Crippen LogP contribution in [0, 0.1) is 28.6 Å². The van der Waals surface area contributed by atoms with Crippen LogP contribution in [0.3, 0.4) is 0 Å². The van der Waals surface area contributed by atoms with Gasteiger partial charge in [0.25, 0.3) is 0 Å². The van der Waals surface area contributed by atoms with E-state index in [9.17, 15) is 9.90 Å². The average molecular weight is 375 g/mol. The zero-order valence-corrected chi connectivity index (χ0v) is 17.0. The highest BCUT2D eigenvalue weighted by Gasteiger charge is 2.79. The molecule has 5 rings (SSSR count). The van der Waals surface area contributed by atoms with Crippen LogP contribution in [0.5, 0.6) is 0 Å². The molecule has 0 aromatic heterocycles. The average Bonchev–Trinajstić information content (AvgIpc) is 3.32. The molecule has 0 aromatic carbocycles. The van der Waals surface area contributed by atoms with Crippen LogP contribution in [0.25, 0.3) is 0 Å². The van der Waals surface area contributed by atoms with Crippen molar-refractivity contribution in [3.8, 4) is 0 Å². The van der Waals surface area contributed by atoms with Gasteiger partial charge in [-0.1, -0.05) is 25.5 Å². The lowest BCUT2D eigenvalue weighted by Crippen LogP contribution is -2.54. The number of ether oxygens (including phenoxy) is 2. The summed E-state index contributed by atoms with van der Waals surface area (Å²) >= 11 is 0. The van der Waals surface area contributed by atoms with Gasteiger partial charge in [-0.25, -0.2) is 0 Å². The standard InChI is InChI=1S/C23H34O4/c1-21-9-6-15(24)12-14(21)4-5-16-17(21)7-10-22(2)18(16)13-20-23(22,27-20)19(25)8-11-26-3/h4,15-18,20,24H,5-13H2,1-3H3/t15-,16-,17+,18-,20+,21+,22-,23+/m0/s1. The zero-order chi connectivity index (χ0) is 19.0. The Balaban J connectivity index is 1.44. The Kier molecular flexibility index (Phi) is 4.00. The summed E-state index contributed by atoms with van der Waals surface area (Å²) in [6.45, 7) is 5.30. The molecule has 0 unspecified atom stereocenters. The number of carbonyl (C=O) groups excluding carboxylic acids is 1. The molecule has 0 spiro atoms. The SMILES string of the molecule is COCCC(=O)[C@@]12O[C@@H]1C[C@H]1[C@H]3CC=C4C[C@@H](O)CC[C@@]4(C)[C@@H]3CC[C@@]12C. The molecule has 1 heterocycles. The highest BCUT2D eigenvalue weighted by atomic mass is 16.6. The molecule has 4 fully saturated rings. The summed E-state index contributed by atoms with van der Waals surface area (Å²) in [4.78, 5) is 13.1. The first-order valence-corrected chi connectivity index (χ1v) is 10.9. The normalized spacial score (nSPS) is 52.9. The van der Waals surface area contributed by atoms with E-state index in [1.165, 1.54) is 12.0 Å². The number of hydrogen-bond donors (Lipinski definition) is 1. The molecule has 4 nitrogen and oxygen atoms in total. The van der Waals surface area contributed by atoms with E-state index in [4.69, 9.17) is 9.47 Å². The Morgan fingerprint density at radius 3 is 2.89 bits per heavy atom. The Morgan fingerprint density at radius 2 is 2.11 bits per heavy atom. The number of aliphatic hydroxyl groups is 1. The molecule has 0 bridgehead atoms. The molecular weight excluding hydrogens is 340 g/mol. The first-order valence-electron chi connectivity index (χ1n) is 10.9. The maximum absolute atomic E-state index is 13.1. The second-order valence-corrected chi connectivity index (χ2v) is 10.4. The summed E-state index contributed by atoms with van der Waals surface area (Å²) in [5, 5.41) is 10.2. The second kappa shape index (κ2) is 5.90. The van der Waals surface area contributed by atoms with E-state index in [0.29, 0.717) is 30.8 Å². The minimum absolute atomic E-state index is 0.0143. The molecule has 0 radical (unpaired) electrons. The van der Waals surface area contributed by atoms with Crippen LogP contribution in [0.2, 0.25) is 0 Å². The van der Waals surface area contributed by atoms with Gasteiger partial charge in [-0.3, -0.25) is 4.79 Å². The van der Waals surface area contributed by atoms with Gasteiger partial charge >= 0.3 is 0 Å². The monoisotopic (exact) mass is 374 g/mol. The fourth-order valence-electron chi connectivity index (χ4n) is 7.94. The summed E-state index contributed by atoms with van der Waals surface area (Å²) in [6, 6.07) is 0. The lowest BCUT2D eigenvalue weighted by Gasteiger charge is -2.58. The van der Waals surface area contributed by atoms with Gasteiger partial charge in [-0.2, -0.15) is 0 Å². The number of hydrogen-bond acceptors (Lipinski definition) is 4. The van der Waals surface area contributed by atoms with Crippen molar-refractivity contribution in [2.24, 2.45) is 28.6 Å². The van der Waals surface area contributed by atoms with E-state index >= 15 is 0 Å². The molecule has 150 valence electrons. The van der Waals surface area contributed by atoms with Crippen molar-refractivity contribution in [2.45, 2.75) is 83.0 Å². The van der Waals surface area contributed by atoms with E-state index in [2.05, 4.69) is 19.9 Å². The number of carbonyl (C=O) groups is 1. The number of methoxy groups -OCH3 is 1. The third-order valence-electron chi connectivity index (χ3n) is 9.46. The number of allylic oxidation sites excluding steroid dienone is 1. The van der Waals surface area contributed by atoms with E-state index in [0.717, 1.165) is 38.5 Å². The van der Waals surface area contributed by atoms with Gasteiger partial charge in [-0.05, 0) is 68.1 Å². The summed E-state index contributed by atoms with van der Waals surface area (Å²) in [6.07, 6.45) is 10.3. The predicted octanol–water partition coefficient (Wildman–Crippen LogP) is 3.66. The van der Waals surface area contributed by atoms with Crippen molar-refractivity contribution in [1.29, 1.82) is 0 Å². The van der Waals surface area contributed by atoms with E-state index in [1.807, 2.05) is 0 Å². The molecule has 27 heavy (non-hydrogen) atoms. The maximum atomic E-state index is 13.1. The lowest BCUT2D eigenvalue weighted by molar-refractivity contribution is -0.138. The van der Waals surface area contributed by atoms with Gasteiger partial charge in [-0.15, -0.1) is 0 Å². The minimum Gasteiger partial charge on any atom is -0.393 e. The Labute approximate surface area is 162 Å². The minimum atomic E-state index is -0.519. The van der Waals surface area contributed by atoms with E-state index in [-0.39, 0.29) is 28.8 Å². The maximum Gasteiger partial charge on any atom is 0.170 e. The van der Waals surface area contributed by atoms with Crippen LogP contribution in [0.4, 0.5) is 0 Å². The van der Waals surface area contributed by atoms with Crippen LogP contribution in [0.1, 0.15) is 65.2 Å². The molecule has 4 heteroatoms. The highest BCUT2D eigenvalue weighted by molar-refractivity contribution is 5.92. The van der Waals surface area contributed by atoms with Crippen LogP contribution in [-0.4, -0.2) is 42.4 Å². The molecule has 0 amide bonds. The van der Waals surface area contributed by atoms with Crippen molar-refractivity contribution >= 4 is 5.78 Å². The fraction of sp³-hybridized carbons (Fsp3) is 0.870. The van der Waals surface area contributed by atoms with Crippen LogP contribution in [0.15, 0.2) is 11.6 Å². The first-order chi connectivity index (χ1) is 12.9. The quantitative estimate of drug-likeness (QED) is 0.603. The Morgan fingerprint density at radius 1 is 1.30 bits per heavy atom. The predicted molar refractivity (Wildman–Crippen MR) is 102 cm³/mol. The van der Waals surface area contributed by atoms with Crippen molar-refractivity contribution in [3.05, 3.63) is 11.6 Å². The molecule has 0 aromatic rings. The van der Waals surface area contributed by atoms with Crippen LogP contribution in [-0.2, 0) is 14.3 Å².